The summed E-state index contributed by atoms with van der Waals surface area (Å²) in [6.45, 7) is 4.64. The van der Waals surface area contributed by atoms with Crippen molar-refractivity contribution in [2.45, 2.75) is 43.9 Å². The highest BCUT2D eigenvalue weighted by molar-refractivity contribution is 7.89. The number of carboxylic acids is 1. The molecule has 0 spiro atoms. The Morgan fingerprint density at radius 2 is 2.05 bits per heavy atom. The first kappa shape index (κ1) is 14.7. The van der Waals surface area contributed by atoms with Crippen molar-refractivity contribution < 1.29 is 23.1 Å². The molecule has 1 saturated heterocycles. The number of sulfonamides is 1. The number of carboxylic acid groups (broad SMARTS) is 1. The van der Waals surface area contributed by atoms with E-state index in [1.165, 1.54) is 4.31 Å². The molecule has 7 heteroatoms. The number of hydrogen-bond donors (Lipinski definition) is 1. The van der Waals surface area contributed by atoms with Gasteiger partial charge in [-0.2, -0.15) is 4.31 Å². The van der Waals surface area contributed by atoms with Crippen molar-refractivity contribution >= 4 is 16.0 Å². The lowest BCUT2D eigenvalue weighted by Gasteiger charge is -2.42. The van der Waals surface area contributed by atoms with E-state index in [1.54, 1.807) is 0 Å². The molecule has 2 atom stereocenters. The van der Waals surface area contributed by atoms with Crippen molar-refractivity contribution in [1.29, 1.82) is 0 Å². The Hall–Kier alpha value is -0.660. The Bertz CT molecular complexity index is 459. The van der Waals surface area contributed by atoms with Crippen LogP contribution in [0.1, 0.15) is 33.1 Å². The molecule has 1 heterocycles. The van der Waals surface area contributed by atoms with E-state index < -0.39 is 32.7 Å². The Kier molecular flexibility index (Phi) is 3.90. The van der Waals surface area contributed by atoms with Gasteiger partial charge in [-0.25, -0.2) is 8.42 Å². The van der Waals surface area contributed by atoms with E-state index in [2.05, 4.69) is 0 Å². The summed E-state index contributed by atoms with van der Waals surface area (Å²) >= 11 is 0. The molecule has 2 fully saturated rings. The van der Waals surface area contributed by atoms with Crippen LogP contribution in [0.4, 0.5) is 0 Å². The third kappa shape index (κ3) is 2.64. The SMILES string of the molecule is CC1(C)COCCN1S(=O)(=O)C1CCCC1C(=O)O. The molecule has 0 aromatic rings. The zero-order valence-electron chi connectivity index (χ0n) is 11.3. The Balaban J connectivity index is 2.29. The lowest BCUT2D eigenvalue weighted by atomic mass is 10.1. The van der Waals surface area contributed by atoms with Gasteiger partial charge in [-0.1, -0.05) is 6.42 Å². The quantitative estimate of drug-likeness (QED) is 0.826. The molecule has 19 heavy (non-hydrogen) atoms. The van der Waals surface area contributed by atoms with Gasteiger partial charge in [0, 0.05) is 6.54 Å². The van der Waals surface area contributed by atoms with Crippen molar-refractivity contribution in [2.75, 3.05) is 19.8 Å². The molecule has 2 aliphatic rings. The average molecular weight is 291 g/mol. The highest BCUT2D eigenvalue weighted by Gasteiger charge is 2.48. The largest absolute Gasteiger partial charge is 0.481 e. The number of ether oxygens (including phenoxy) is 1. The second kappa shape index (κ2) is 5.03. The zero-order chi connectivity index (χ0) is 14.3. The summed E-state index contributed by atoms with van der Waals surface area (Å²) in [7, 11) is -3.59. The van der Waals surface area contributed by atoms with E-state index in [0.717, 1.165) is 0 Å². The number of nitrogens with zero attached hydrogens (tertiary/aromatic N) is 1. The van der Waals surface area contributed by atoms with Crippen molar-refractivity contribution in [1.82, 2.24) is 4.31 Å². The zero-order valence-corrected chi connectivity index (χ0v) is 12.1. The van der Waals surface area contributed by atoms with E-state index in [-0.39, 0.29) is 0 Å². The van der Waals surface area contributed by atoms with Gasteiger partial charge in [0.15, 0.2) is 0 Å². The van der Waals surface area contributed by atoms with Gasteiger partial charge in [0.25, 0.3) is 0 Å². The minimum absolute atomic E-state index is 0.304. The molecular weight excluding hydrogens is 270 g/mol. The number of rotatable bonds is 3. The predicted molar refractivity (Wildman–Crippen MR) is 69.3 cm³/mol. The molecule has 1 N–H and O–H groups in total. The fourth-order valence-corrected chi connectivity index (χ4v) is 5.57. The second-order valence-electron chi connectivity index (χ2n) is 5.90. The van der Waals surface area contributed by atoms with Crippen LogP contribution in [0.5, 0.6) is 0 Å². The Morgan fingerprint density at radius 3 is 2.63 bits per heavy atom. The predicted octanol–water partition coefficient (Wildman–Crippen LogP) is 0.680. The summed E-state index contributed by atoms with van der Waals surface area (Å²) in [6.07, 6.45) is 1.54. The van der Waals surface area contributed by atoms with Crippen LogP contribution in [0.2, 0.25) is 0 Å². The van der Waals surface area contributed by atoms with Crippen molar-refractivity contribution in [2.24, 2.45) is 5.92 Å². The molecule has 0 aromatic heterocycles. The van der Waals surface area contributed by atoms with Crippen molar-refractivity contribution in [3.63, 3.8) is 0 Å². The van der Waals surface area contributed by atoms with Gasteiger partial charge < -0.3 is 9.84 Å². The molecule has 0 aromatic carbocycles. The van der Waals surface area contributed by atoms with Gasteiger partial charge in [-0.15, -0.1) is 0 Å². The van der Waals surface area contributed by atoms with Crippen LogP contribution in [-0.2, 0) is 19.6 Å². The van der Waals surface area contributed by atoms with Crippen LogP contribution in [0.3, 0.4) is 0 Å². The molecule has 0 bridgehead atoms. The van der Waals surface area contributed by atoms with Gasteiger partial charge >= 0.3 is 5.97 Å². The normalized spacial score (nSPS) is 32.3. The van der Waals surface area contributed by atoms with E-state index in [0.29, 0.717) is 39.0 Å². The average Bonchev–Trinajstić information content (AvgIpc) is 2.77. The van der Waals surface area contributed by atoms with Crippen molar-refractivity contribution in [3.05, 3.63) is 0 Å². The topological polar surface area (TPSA) is 83.9 Å². The van der Waals surface area contributed by atoms with Crippen LogP contribution in [0.25, 0.3) is 0 Å². The number of aliphatic carboxylic acids is 1. The first-order chi connectivity index (χ1) is 8.77. The molecule has 2 unspecified atom stereocenters. The van der Waals surface area contributed by atoms with E-state index in [4.69, 9.17) is 9.84 Å². The standard InChI is InChI=1S/C12H21NO5S/c1-12(2)8-18-7-6-13(12)19(16,17)10-5-3-4-9(10)11(14)15/h9-10H,3-8H2,1-2H3,(H,14,15). The molecule has 1 aliphatic carbocycles. The Morgan fingerprint density at radius 1 is 1.37 bits per heavy atom. The van der Waals surface area contributed by atoms with Crippen LogP contribution in [-0.4, -0.2) is 54.3 Å². The van der Waals surface area contributed by atoms with Gasteiger partial charge in [0.2, 0.25) is 10.0 Å². The van der Waals surface area contributed by atoms with Gasteiger partial charge in [-0.05, 0) is 26.7 Å². The van der Waals surface area contributed by atoms with E-state index in [9.17, 15) is 13.2 Å². The molecule has 0 radical (unpaired) electrons. The molecule has 1 saturated carbocycles. The number of morpholine rings is 1. The van der Waals surface area contributed by atoms with Crippen LogP contribution >= 0.6 is 0 Å². The highest BCUT2D eigenvalue weighted by Crippen LogP contribution is 2.36. The molecule has 1 aliphatic heterocycles. The summed E-state index contributed by atoms with van der Waals surface area (Å²) in [4.78, 5) is 11.2. The van der Waals surface area contributed by atoms with Crippen molar-refractivity contribution in [3.8, 4) is 0 Å². The first-order valence-electron chi connectivity index (χ1n) is 6.59. The smallest absolute Gasteiger partial charge is 0.307 e. The van der Waals surface area contributed by atoms with Crippen LogP contribution in [0.15, 0.2) is 0 Å². The maximum atomic E-state index is 12.7. The first-order valence-corrected chi connectivity index (χ1v) is 8.09. The maximum absolute atomic E-state index is 12.7. The fraction of sp³-hybridized carbons (Fsp3) is 0.917. The van der Waals surface area contributed by atoms with Gasteiger partial charge in [-0.3, -0.25) is 4.79 Å². The molecule has 110 valence electrons. The summed E-state index contributed by atoms with van der Waals surface area (Å²) in [5, 5.41) is 8.38. The second-order valence-corrected chi connectivity index (χ2v) is 7.97. The minimum Gasteiger partial charge on any atom is -0.481 e. The number of carbonyl (C=O) groups is 1. The molecule has 2 rings (SSSR count). The molecule has 0 amide bonds. The van der Waals surface area contributed by atoms with Gasteiger partial charge in [0.05, 0.1) is 29.9 Å². The van der Waals surface area contributed by atoms with Gasteiger partial charge in [0.1, 0.15) is 0 Å². The summed E-state index contributed by atoms with van der Waals surface area (Å²) in [6, 6.07) is 0. The summed E-state index contributed by atoms with van der Waals surface area (Å²) in [5.41, 5.74) is -0.608. The van der Waals surface area contributed by atoms with E-state index in [1.807, 2.05) is 13.8 Å². The lowest BCUT2D eigenvalue weighted by molar-refractivity contribution is -0.141. The monoisotopic (exact) mass is 291 g/mol. The third-order valence-corrected chi connectivity index (χ3v) is 6.65. The third-order valence-electron chi connectivity index (χ3n) is 4.03. The van der Waals surface area contributed by atoms with E-state index >= 15 is 0 Å². The summed E-state index contributed by atoms with van der Waals surface area (Å²) in [5.74, 6) is -1.78. The van der Waals surface area contributed by atoms with Crippen LogP contribution in [0, 0.1) is 5.92 Å². The summed E-state index contributed by atoms with van der Waals surface area (Å²) < 4.78 is 32.2. The maximum Gasteiger partial charge on any atom is 0.307 e. The number of hydrogen-bond acceptors (Lipinski definition) is 4. The Labute approximate surface area is 113 Å². The fourth-order valence-electron chi connectivity index (χ4n) is 3.04. The molecule has 6 nitrogen and oxygen atoms in total. The minimum atomic E-state index is -3.59. The molecular formula is C12H21NO5S. The lowest BCUT2D eigenvalue weighted by Crippen LogP contribution is -2.58. The highest BCUT2D eigenvalue weighted by atomic mass is 32.2. The van der Waals surface area contributed by atoms with Crippen LogP contribution < -0.4 is 0 Å².